The molecule has 1 aromatic heterocycles. The van der Waals surface area contributed by atoms with Gasteiger partial charge in [0.15, 0.2) is 0 Å². The molecule has 1 saturated heterocycles. The van der Waals surface area contributed by atoms with E-state index in [0.29, 0.717) is 5.69 Å². The Morgan fingerprint density at radius 1 is 1.27 bits per heavy atom. The van der Waals surface area contributed by atoms with Crippen LogP contribution in [0, 0.1) is 5.82 Å². The number of likely N-dealkylation sites (tertiary alicyclic amines) is 1. The van der Waals surface area contributed by atoms with Crippen LogP contribution < -0.4 is 10.9 Å². The first-order valence-corrected chi connectivity index (χ1v) is 12.2. The molecule has 0 bridgehead atoms. The lowest BCUT2D eigenvalue weighted by molar-refractivity contribution is -0.131. The lowest BCUT2D eigenvalue weighted by Gasteiger charge is -2.52. The highest BCUT2D eigenvalue weighted by atomic mass is 35.5. The largest absolute Gasteiger partial charge is 0.372 e. The fourth-order valence-electron chi connectivity index (χ4n) is 4.32. The fraction of sp³-hybridized carbons (Fsp3) is 0.261. The Balaban J connectivity index is 1.59. The number of nitrogens with one attached hydrogen (secondary N) is 1. The van der Waals surface area contributed by atoms with E-state index in [0.717, 1.165) is 12.8 Å². The van der Waals surface area contributed by atoms with Gasteiger partial charge in [0.25, 0.3) is 5.56 Å². The molecule has 1 aliphatic carbocycles. The third-order valence-electron chi connectivity index (χ3n) is 6.10. The summed E-state index contributed by atoms with van der Waals surface area (Å²) in [5.74, 6) is -0.767. The number of nitrogens with zero attached hydrogens (tertiary/aromatic N) is 2. The number of halogens is 4. The first-order valence-electron chi connectivity index (χ1n) is 10.3. The molecule has 10 heteroatoms. The number of hydrogen-bond donors (Lipinski definition) is 1. The van der Waals surface area contributed by atoms with Crippen LogP contribution in [0.5, 0.6) is 0 Å². The summed E-state index contributed by atoms with van der Waals surface area (Å²) in [6.45, 7) is 3.75. The number of carbonyl (C=O) groups is 1. The smallest absolute Gasteiger partial charge is 0.258 e. The van der Waals surface area contributed by atoms with Crippen LogP contribution in [-0.2, 0) is 4.79 Å². The molecule has 1 aromatic carbocycles. The molecule has 172 valence electrons. The van der Waals surface area contributed by atoms with Crippen LogP contribution in [0.2, 0.25) is 0 Å². The van der Waals surface area contributed by atoms with Gasteiger partial charge in [-0.25, -0.2) is 4.39 Å². The number of anilines is 1. The number of allylic oxidation sites excluding steroid dienone is 3. The molecular formula is C23H19Cl2F2N3O2S. The van der Waals surface area contributed by atoms with Crippen LogP contribution in [0.1, 0.15) is 18.9 Å². The van der Waals surface area contributed by atoms with Gasteiger partial charge in [0, 0.05) is 34.2 Å². The van der Waals surface area contributed by atoms with E-state index in [9.17, 15) is 14.0 Å². The van der Waals surface area contributed by atoms with Crippen LogP contribution in [-0.4, -0.2) is 39.4 Å². The summed E-state index contributed by atoms with van der Waals surface area (Å²) in [4.78, 5) is 26.8. The van der Waals surface area contributed by atoms with Crippen molar-refractivity contribution in [2.24, 2.45) is 0 Å². The SMILES string of the molecule is C=CC(=O)N1CC(Nc2ccc3c(F)cn(C4CC4)c(=O)c3c2)(C2=C(Cl)C(Cl)=CC=S2F)C1. The molecule has 1 amide bonds. The summed E-state index contributed by atoms with van der Waals surface area (Å²) in [6.07, 6.45) is 5.54. The van der Waals surface area contributed by atoms with E-state index < -0.39 is 22.2 Å². The first-order chi connectivity index (χ1) is 15.7. The third-order valence-corrected chi connectivity index (χ3v) is 8.37. The highest BCUT2D eigenvalue weighted by molar-refractivity contribution is 8.14. The summed E-state index contributed by atoms with van der Waals surface area (Å²) >= 11 is 12.6. The number of carbonyl (C=O) groups excluding carboxylic acids is 1. The number of aromatic nitrogens is 1. The minimum Gasteiger partial charge on any atom is -0.372 e. The van der Waals surface area contributed by atoms with E-state index >= 15 is 3.89 Å². The maximum absolute atomic E-state index is 15.1. The Bertz CT molecular complexity index is 1370. The molecule has 0 spiro atoms. The van der Waals surface area contributed by atoms with Gasteiger partial charge in [0.2, 0.25) is 5.91 Å². The van der Waals surface area contributed by atoms with Gasteiger partial charge in [-0.05, 0) is 48.6 Å². The zero-order chi connectivity index (χ0) is 23.5. The Morgan fingerprint density at radius 3 is 2.67 bits per heavy atom. The third kappa shape index (κ3) is 3.74. The van der Waals surface area contributed by atoms with E-state index in [1.54, 1.807) is 12.1 Å². The van der Waals surface area contributed by atoms with Gasteiger partial charge in [0.1, 0.15) is 11.4 Å². The molecule has 3 heterocycles. The number of amides is 1. The molecule has 1 unspecified atom stereocenters. The average Bonchev–Trinajstić information content (AvgIpc) is 3.61. The summed E-state index contributed by atoms with van der Waals surface area (Å²) in [5.41, 5.74) is -0.837. The zero-order valence-corrected chi connectivity index (χ0v) is 19.6. The molecule has 33 heavy (non-hydrogen) atoms. The van der Waals surface area contributed by atoms with Gasteiger partial charge >= 0.3 is 0 Å². The van der Waals surface area contributed by atoms with E-state index in [1.807, 2.05) is 0 Å². The summed E-state index contributed by atoms with van der Waals surface area (Å²) in [6, 6.07) is 4.73. The number of rotatable bonds is 5. The molecule has 3 aliphatic rings. The predicted molar refractivity (Wildman–Crippen MR) is 131 cm³/mol. The highest BCUT2D eigenvalue weighted by Crippen LogP contribution is 2.49. The summed E-state index contributed by atoms with van der Waals surface area (Å²) in [7, 11) is -1.83. The number of hydrogen-bond acceptors (Lipinski definition) is 3. The van der Waals surface area contributed by atoms with Crippen molar-refractivity contribution in [3.8, 4) is 0 Å². The zero-order valence-electron chi connectivity index (χ0n) is 17.3. The minimum absolute atomic E-state index is 0.0219. The van der Waals surface area contributed by atoms with Gasteiger partial charge in [0.05, 0.1) is 33.4 Å². The standard InChI is InChI=1S/C23H19Cl2F2N3O2S/c1-2-19(31)29-11-23(12-29,21-20(25)17(24)7-8-33(21)27)28-13-3-6-15-16(9-13)22(32)30(10-18(15)26)14-4-5-14/h2-3,6-10,14,28H,1,4-5,11-12H2. The molecule has 2 fully saturated rings. The van der Waals surface area contributed by atoms with Gasteiger partial charge in [-0.2, -0.15) is 3.89 Å². The molecule has 5 rings (SSSR count). The van der Waals surface area contributed by atoms with Crippen LogP contribution >= 0.6 is 34.1 Å². The van der Waals surface area contributed by atoms with Gasteiger partial charge in [-0.3, -0.25) is 9.59 Å². The number of fused-ring (bicyclic) bond motifs is 1. The Kier molecular flexibility index (Phi) is 5.50. The molecular weight excluding hydrogens is 491 g/mol. The molecule has 5 nitrogen and oxygen atoms in total. The highest BCUT2D eigenvalue weighted by Gasteiger charge is 2.50. The van der Waals surface area contributed by atoms with Crippen molar-refractivity contribution in [3.05, 3.63) is 74.3 Å². The van der Waals surface area contributed by atoms with Crippen molar-refractivity contribution in [1.82, 2.24) is 9.47 Å². The van der Waals surface area contributed by atoms with Gasteiger partial charge in [-0.15, -0.1) is 0 Å². The summed E-state index contributed by atoms with van der Waals surface area (Å²) < 4.78 is 31.2. The Labute approximate surface area is 201 Å². The molecule has 1 saturated carbocycles. The van der Waals surface area contributed by atoms with Crippen LogP contribution in [0.25, 0.3) is 10.8 Å². The maximum Gasteiger partial charge on any atom is 0.258 e. The molecule has 1 atom stereocenters. The quantitative estimate of drug-likeness (QED) is 0.445. The molecule has 1 N–H and O–H groups in total. The number of benzene rings is 1. The molecule has 2 aliphatic heterocycles. The molecule has 2 aromatic rings. The van der Waals surface area contributed by atoms with Crippen LogP contribution in [0.4, 0.5) is 14.0 Å². The Hall–Kier alpha value is -2.42. The van der Waals surface area contributed by atoms with E-state index in [4.69, 9.17) is 23.2 Å². The van der Waals surface area contributed by atoms with Crippen molar-refractivity contribution in [2.45, 2.75) is 24.4 Å². The van der Waals surface area contributed by atoms with Crippen molar-refractivity contribution >= 4 is 61.8 Å². The lowest BCUT2D eigenvalue weighted by Crippen LogP contribution is -2.68. The maximum atomic E-state index is 15.1. The van der Waals surface area contributed by atoms with E-state index in [2.05, 4.69) is 11.9 Å². The normalized spacial score (nSPS) is 21.9. The van der Waals surface area contributed by atoms with Crippen molar-refractivity contribution in [1.29, 1.82) is 0 Å². The second-order valence-electron chi connectivity index (χ2n) is 8.36. The first kappa shape index (κ1) is 22.4. The van der Waals surface area contributed by atoms with Gasteiger partial charge < -0.3 is 14.8 Å². The second kappa shape index (κ2) is 8.11. The Morgan fingerprint density at radius 2 is 2.00 bits per heavy atom. The van der Waals surface area contributed by atoms with E-state index in [-0.39, 0.29) is 56.3 Å². The van der Waals surface area contributed by atoms with Crippen molar-refractivity contribution < 1.29 is 13.1 Å². The summed E-state index contributed by atoms with van der Waals surface area (Å²) in [5, 5.41) is 5.34. The fourth-order valence-corrected chi connectivity index (χ4v) is 6.30. The predicted octanol–water partition coefficient (Wildman–Crippen LogP) is 5.20. The number of pyridine rings is 1. The van der Waals surface area contributed by atoms with Crippen LogP contribution in [0.3, 0.4) is 0 Å². The van der Waals surface area contributed by atoms with Crippen molar-refractivity contribution in [2.75, 3.05) is 18.4 Å². The molecule has 0 radical (unpaired) electrons. The lowest BCUT2D eigenvalue weighted by atomic mass is 9.87. The topological polar surface area (TPSA) is 54.3 Å². The van der Waals surface area contributed by atoms with Crippen molar-refractivity contribution in [3.63, 3.8) is 0 Å². The van der Waals surface area contributed by atoms with Crippen LogP contribution in [0.15, 0.2) is 62.9 Å². The van der Waals surface area contributed by atoms with E-state index in [1.165, 1.54) is 39.2 Å². The second-order valence-corrected chi connectivity index (χ2v) is 10.4. The monoisotopic (exact) mass is 509 g/mol. The average molecular weight is 510 g/mol. The minimum atomic E-state index is -1.83. The van der Waals surface area contributed by atoms with Gasteiger partial charge in [-0.1, -0.05) is 29.8 Å².